The van der Waals surface area contributed by atoms with Gasteiger partial charge in [-0.15, -0.1) is 0 Å². The van der Waals surface area contributed by atoms with Gasteiger partial charge in [0.25, 0.3) is 0 Å². The Balaban J connectivity index is 2.44. The van der Waals surface area contributed by atoms with Gasteiger partial charge in [0.1, 0.15) is 43.2 Å². The summed E-state index contributed by atoms with van der Waals surface area (Å²) in [6.07, 6.45) is 20.2. The Kier molecular flexibility index (Phi) is 32.7. The number of esters is 2. The molecule has 1 saturated carbocycles. The Hall–Kier alpha value is -1.15. The monoisotopic (exact) mass is 839 g/mol. The first-order valence-electron chi connectivity index (χ1n) is 22.8. The predicted molar refractivity (Wildman–Crippen MR) is 221 cm³/mol. The van der Waals surface area contributed by atoms with Gasteiger partial charge >= 0.3 is 19.8 Å². The molecule has 57 heavy (non-hydrogen) atoms. The first-order chi connectivity index (χ1) is 27.4. The van der Waals surface area contributed by atoms with Crippen molar-refractivity contribution in [3.8, 4) is 0 Å². The predicted octanol–water partition coefficient (Wildman–Crippen LogP) is 8.50. The SMILES string of the molecule is CCCCCCCCCCCCCCCCCCC(=O)OC[C@@H](COP(=O)(O)OC1C(O)C(O)C(O)[C@H](O)C1O)OC(=O)CCCCCCCCCCCCCC. The molecule has 0 saturated heterocycles. The molecule has 338 valence electrons. The minimum Gasteiger partial charge on any atom is -0.462 e. The van der Waals surface area contributed by atoms with Gasteiger partial charge in [-0.25, -0.2) is 4.57 Å². The summed E-state index contributed by atoms with van der Waals surface area (Å²) >= 11 is 0. The van der Waals surface area contributed by atoms with Gasteiger partial charge in [-0.05, 0) is 12.8 Å². The molecule has 1 fully saturated rings. The van der Waals surface area contributed by atoms with E-state index in [1.54, 1.807) is 0 Å². The third-order valence-electron chi connectivity index (χ3n) is 10.9. The highest BCUT2D eigenvalue weighted by Crippen LogP contribution is 2.47. The molecule has 1 aliphatic rings. The molecule has 0 amide bonds. The lowest BCUT2D eigenvalue weighted by molar-refractivity contribution is -0.220. The number of carbonyl (C=O) groups is 2. The summed E-state index contributed by atoms with van der Waals surface area (Å²) < 4.78 is 33.5. The zero-order valence-electron chi connectivity index (χ0n) is 35.7. The van der Waals surface area contributed by atoms with E-state index in [2.05, 4.69) is 13.8 Å². The highest BCUT2D eigenvalue weighted by molar-refractivity contribution is 7.47. The number of ether oxygens (including phenoxy) is 2. The molecular weight excluding hydrogens is 755 g/mol. The number of phosphoric ester groups is 1. The maximum Gasteiger partial charge on any atom is 0.472 e. The average Bonchev–Trinajstić information content (AvgIpc) is 3.19. The highest BCUT2D eigenvalue weighted by Gasteiger charge is 2.51. The van der Waals surface area contributed by atoms with E-state index in [0.717, 1.165) is 38.5 Å². The van der Waals surface area contributed by atoms with E-state index in [9.17, 15) is 44.6 Å². The lowest BCUT2D eigenvalue weighted by Crippen LogP contribution is -2.64. The van der Waals surface area contributed by atoms with E-state index < -0.39 is 75.7 Å². The van der Waals surface area contributed by atoms with Crippen LogP contribution in [-0.2, 0) is 32.7 Å². The van der Waals surface area contributed by atoms with E-state index in [1.165, 1.54) is 128 Å². The lowest BCUT2D eigenvalue weighted by atomic mass is 9.85. The van der Waals surface area contributed by atoms with Crippen molar-refractivity contribution in [3.05, 3.63) is 0 Å². The van der Waals surface area contributed by atoms with Crippen LogP contribution in [0.3, 0.4) is 0 Å². The van der Waals surface area contributed by atoms with Crippen LogP contribution in [0.2, 0.25) is 0 Å². The minimum atomic E-state index is -5.11. The summed E-state index contributed by atoms with van der Waals surface area (Å²) in [5, 5.41) is 50.1. The lowest BCUT2D eigenvalue weighted by Gasteiger charge is -2.41. The van der Waals surface area contributed by atoms with Crippen LogP contribution in [0, 0.1) is 0 Å². The van der Waals surface area contributed by atoms with Crippen LogP contribution in [0.4, 0.5) is 0 Å². The number of carbonyl (C=O) groups excluding carboxylic acids is 2. The van der Waals surface area contributed by atoms with E-state index in [1.807, 2.05) is 0 Å². The number of unbranched alkanes of at least 4 members (excludes halogenated alkanes) is 26. The molecule has 0 heterocycles. The summed E-state index contributed by atoms with van der Waals surface area (Å²) in [6, 6.07) is 0. The summed E-state index contributed by atoms with van der Waals surface area (Å²) in [5.74, 6) is -1.09. The summed E-state index contributed by atoms with van der Waals surface area (Å²) in [7, 11) is -5.11. The first-order valence-corrected chi connectivity index (χ1v) is 24.3. The largest absolute Gasteiger partial charge is 0.472 e. The molecule has 0 spiro atoms. The zero-order chi connectivity index (χ0) is 42.2. The van der Waals surface area contributed by atoms with Crippen molar-refractivity contribution in [1.82, 2.24) is 0 Å². The molecule has 0 aliphatic heterocycles. The molecule has 0 aromatic rings. The van der Waals surface area contributed by atoms with Gasteiger partial charge < -0.3 is 39.9 Å². The van der Waals surface area contributed by atoms with Crippen molar-refractivity contribution in [2.45, 2.75) is 249 Å². The van der Waals surface area contributed by atoms with E-state index in [4.69, 9.17) is 18.5 Å². The summed E-state index contributed by atoms with van der Waals surface area (Å²) in [4.78, 5) is 35.6. The smallest absolute Gasteiger partial charge is 0.462 e. The van der Waals surface area contributed by atoms with Crippen LogP contribution in [0.25, 0.3) is 0 Å². The second kappa shape index (κ2) is 34.6. The topological polar surface area (TPSA) is 210 Å². The molecule has 0 bridgehead atoms. The second-order valence-corrected chi connectivity index (χ2v) is 17.7. The van der Waals surface area contributed by atoms with Gasteiger partial charge in [0.15, 0.2) is 6.10 Å². The number of phosphoric acid groups is 1. The Morgan fingerprint density at radius 2 is 0.789 bits per heavy atom. The Bertz CT molecular complexity index is 1020. The number of rotatable bonds is 38. The van der Waals surface area contributed by atoms with Gasteiger partial charge in [0.05, 0.1) is 6.61 Å². The first kappa shape index (κ1) is 53.9. The molecule has 1 aliphatic carbocycles. The van der Waals surface area contributed by atoms with E-state index >= 15 is 0 Å². The minimum absolute atomic E-state index is 0.104. The molecular formula is C43H83O13P. The van der Waals surface area contributed by atoms with Crippen molar-refractivity contribution in [1.29, 1.82) is 0 Å². The Morgan fingerprint density at radius 3 is 1.16 bits per heavy atom. The third kappa shape index (κ3) is 27.3. The number of hydrogen-bond donors (Lipinski definition) is 6. The van der Waals surface area contributed by atoms with Gasteiger partial charge in [0, 0.05) is 12.8 Å². The molecule has 0 radical (unpaired) electrons. The van der Waals surface area contributed by atoms with E-state index in [0.29, 0.717) is 12.8 Å². The molecule has 8 atom stereocenters. The van der Waals surface area contributed by atoms with Crippen LogP contribution in [0.15, 0.2) is 0 Å². The van der Waals surface area contributed by atoms with Crippen molar-refractivity contribution in [2.75, 3.05) is 13.2 Å². The Morgan fingerprint density at radius 1 is 0.474 bits per heavy atom. The molecule has 13 nitrogen and oxygen atoms in total. The highest BCUT2D eigenvalue weighted by atomic mass is 31.2. The zero-order valence-corrected chi connectivity index (χ0v) is 36.6. The number of aliphatic hydroxyl groups is 5. The quantitative estimate of drug-likeness (QED) is 0.0196. The van der Waals surface area contributed by atoms with Crippen LogP contribution < -0.4 is 0 Å². The Labute approximate surface area is 344 Å². The molecule has 0 aromatic carbocycles. The number of hydrogen-bond acceptors (Lipinski definition) is 12. The van der Waals surface area contributed by atoms with Crippen molar-refractivity contribution in [3.63, 3.8) is 0 Å². The maximum atomic E-state index is 12.8. The van der Waals surface area contributed by atoms with Crippen LogP contribution in [0.5, 0.6) is 0 Å². The molecule has 1 rings (SSSR count). The fraction of sp³-hybridized carbons (Fsp3) is 0.953. The fourth-order valence-electron chi connectivity index (χ4n) is 7.23. The molecule has 0 aromatic heterocycles. The molecule has 6 N–H and O–H groups in total. The van der Waals surface area contributed by atoms with Gasteiger partial charge in [0.2, 0.25) is 0 Å². The fourth-order valence-corrected chi connectivity index (χ4v) is 8.20. The number of aliphatic hydroxyl groups excluding tert-OH is 5. The van der Waals surface area contributed by atoms with Crippen LogP contribution >= 0.6 is 7.82 Å². The van der Waals surface area contributed by atoms with Crippen LogP contribution in [0.1, 0.15) is 206 Å². The van der Waals surface area contributed by atoms with E-state index in [-0.39, 0.29) is 12.8 Å². The summed E-state index contributed by atoms with van der Waals surface area (Å²) in [5.41, 5.74) is 0. The maximum absolute atomic E-state index is 12.8. The summed E-state index contributed by atoms with van der Waals surface area (Å²) in [6.45, 7) is 3.31. The average molecular weight is 839 g/mol. The van der Waals surface area contributed by atoms with Gasteiger partial charge in [-0.2, -0.15) is 0 Å². The van der Waals surface area contributed by atoms with Crippen molar-refractivity contribution in [2.24, 2.45) is 0 Å². The second-order valence-electron chi connectivity index (χ2n) is 16.3. The van der Waals surface area contributed by atoms with Gasteiger partial charge in [-0.1, -0.05) is 181 Å². The molecule has 14 heteroatoms. The molecule has 6 unspecified atom stereocenters. The third-order valence-corrected chi connectivity index (χ3v) is 11.9. The standard InChI is InChI=1S/C43H83O13P/c1-3-5-7-9-11-13-15-17-18-19-20-22-23-25-27-29-31-36(44)53-33-35(55-37(45)32-30-28-26-24-21-16-14-12-10-8-6-4-2)34-54-57(51,52)56-43-41(49)39(47)38(46)40(48)42(43)50/h35,38-43,46-50H,3-34H2,1-2H3,(H,51,52)/t35-,38?,39-,40?,41?,42?,43?/m0/s1. The van der Waals surface area contributed by atoms with Crippen molar-refractivity contribution < 1.29 is 63.1 Å². The normalized spacial score (nSPS) is 22.6. The van der Waals surface area contributed by atoms with Gasteiger partial charge in [-0.3, -0.25) is 18.6 Å². The van der Waals surface area contributed by atoms with Crippen LogP contribution in [-0.4, -0.2) is 98.3 Å². The van der Waals surface area contributed by atoms with Crippen molar-refractivity contribution >= 4 is 19.8 Å².